The first-order valence-electron chi connectivity index (χ1n) is 12.7. The minimum atomic E-state index is -0.579. The highest BCUT2D eigenvalue weighted by molar-refractivity contribution is 6.16. The van der Waals surface area contributed by atoms with Crippen molar-refractivity contribution in [2.45, 2.75) is 58.2 Å². The fourth-order valence-corrected chi connectivity index (χ4v) is 4.66. The van der Waals surface area contributed by atoms with E-state index in [0.717, 1.165) is 19.3 Å². The molecular formula is C28H30FN7O2. The van der Waals surface area contributed by atoms with Crippen LogP contribution < -0.4 is 21.3 Å². The Morgan fingerprint density at radius 1 is 1.16 bits per heavy atom. The molecule has 196 valence electrons. The standard InChI is InChI=1S/C28H30FN7O2/c1-15(2)38-19-12-10-17(11-13-19)24(30)23-25(31)32-14-33-26(23)34-16(3)27-35-21-9-5-8-20(29)22(21)28(37)36(27)18-6-4-7-18/h5,8-16,18,30H,4,6-7H2,1-3H3,(H3,31,32,33,34). The van der Waals surface area contributed by atoms with Crippen molar-refractivity contribution in [2.75, 3.05) is 11.1 Å². The molecule has 0 spiro atoms. The first-order chi connectivity index (χ1) is 18.2. The van der Waals surface area contributed by atoms with Gasteiger partial charge in [-0.05, 0) is 76.4 Å². The Kier molecular flexibility index (Phi) is 6.79. The maximum atomic E-state index is 14.6. The van der Waals surface area contributed by atoms with Crippen LogP contribution in [0, 0.1) is 11.2 Å². The van der Waals surface area contributed by atoms with Crippen LogP contribution in [-0.4, -0.2) is 31.3 Å². The molecule has 5 rings (SSSR count). The summed E-state index contributed by atoms with van der Waals surface area (Å²) in [5.41, 5.74) is 7.22. The van der Waals surface area contributed by atoms with Gasteiger partial charge in [-0.2, -0.15) is 0 Å². The van der Waals surface area contributed by atoms with Crippen molar-refractivity contribution >= 4 is 28.3 Å². The monoisotopic (exact) mass is 515 g/mol. The highest BCUT2D eigenvalue weighted by Crippen LogP contribution is 2.34. The molecule has 1 fully saturated rings. The molecular weight excluding hydrogens is 485 g/mol. The van der Waals surface area contributed by atoms with Crippen molar-refractivity contribution in [3.05, 3.63) is 81.9 Å². The van der Waals surface area contributed by atoms with E-state index in [4.69, 9.17) is 20.9 Å². The highest BCUT2D eigenvalue weighted by atomic mass is 19.1. The molecule has 9 nitrogen and oxygen atoms in total. The second-order valence-corrected chi connectivity index (χ2v) is 9.78. The number of nitrogen functional groups attached to an aromatic ring is 1. The molecule has 10 heteroatoms. The van der Waals surface area contributed by atoms with E-state index >= 15 is 0 Å². The number of halogens is 1. The Morgan fingerprint density at radius 2 is 1.89 bits per heavy atom. The summed E-state index contributed by atoms with van der Waals surface area (Å²) in [5.74, 6) is 1.08. The van der Waals surface area contributed by atoms with Gasteiger partial charge >= 0.3 is 0 Å². The van der Waals surface area contributed by atoms with E-state index in [0.29, 0.717) is 34.0 Å². The Labute approximate surface area is 219 Å². The van der Waals surface area contributed by atoms with Crippen LogP contribution in [0.2, 0.25) is 0 Å². The lowest BCUT2D eigenvalue weighted by Gasteiger charge is -2.31. The van der Waals surface area contributed by atoms with Gasteiger partial charge in [0.25, 0.3) is 5.56 Å². The topological polar surface area (TPSA) is 132 Å². The summed E-state index contributed by atoms with van der Waals surface area (Å²) in [6, 6.07) is 11.1. The number of ether oxygens (including phenoxy) is 1. The second kappa shape index (κ2) is 10.2. The molecule has 1 aliphatic rings. The number of nitrogens with zero attached hydrogens (tertiary/aromatic N) is 4. The third-order valence-electron chi connectivity index (χ3n) is 6.73. The molecule has 1 saturated carbocycles. The van der Waals surface area contributed by atoms with Crippen LogP contribution in [0.5, 0.6) is 5.75 Å². The summed E-state index contributed by atoms with van der Waals surface area (Å²) in [6.45, 7) is 5.75. The average Bonchev–Trinajstić information content (AvgIpc) is 2.84. The van der Waals surface area contributed by atoms with Crippen molar-refractivity contribution in [3.8, 4) is 5.75 Å². The van der Waals surface area contributed by atoms with Crippen LogP contribution >= 0.6 is 0 Å². The van der Waals surface area contributed by atoms with E-state index in [1.165, 1.54) is 12.4 Å². The third-order valence-corrected chi connectivity index (χ3v) is 6.73. The Balaban J connectivity index is 1.52. The predicted octanol–water partition coefficient (Wildman–Crippen LogP) is 5.01. The summed E-state index contributed by atoms with van der Waals surface area (Å²) >= 11 is 0. The number of nitrogens with one attached hydrogen (secondary N) is 2. The van der Waals surface area contributed by atoms with E-state index < -0.39 is 11.9 Å². The van der Waals surface area contributed by atoms with Crippen molar-refractivity contribution in [3.63, 3.8) is 0 Å². The molecule has 2 aromatic carbocycles. The lowest BCUT2D eigenvalue weighted by Crippen LogP contribution is -2.35. The average molecular weight is 516 g/mol. The summed E-state index contributed by atoms with van der Waals surface area (Å²) in [7, 11) is 0. The molecule has 2 heterocycles. The zero-order valence-corrected chi connectivity index (χ0v) is 21.5. The first kappa shape index (κ1) is 25.3. The minimum Gasteiger partial charge on any atom is -0.491 e. The number of aromatic nitrogens is 4. The van der Waals surface area contributed by atoms with Crippen molar-refractivity contribution in [1.29, 1.82) is 5.41 Å². The molecule has 1 unspecified atom stereocenters. The lowest BCUT2D eigenvalue weighted by atomic mass is 9.92. The summed E-state index contributed by atoms with van der Waals surface area (Å²) in [5, 5.41) is 12.2. The fourth-order valence-electron chi connectivity index (χ4n) is 4.66. The van der Waals surface area contributed by atoms with Crippen LogP contribution in [0.15, 0.2) is 53.6 Å². The first-order valence-corrected chi connectivity index (χ1v) is 12.7. The molecule has 0 radical (unpaired) electrons. The van der Waals surface area contributed by atoms with Crippen molar-refractivity contribution in [2.24, 2.45) is 0 Å². The molecule has 0 bridgehead atoms. The van der Waals surface area contributed by atoms with Gasteiger partial charge < -0.3 is 15.8 Å². The Morgan fingerprint density at radius 3 is 2.55 bits per heavy atom. The van der Waals surface area contributed by atoms with E-state index in [9.17, 15) is 9.18 Å². The molecule has 0 saturated heterocycles. The van der Waals surface area contributed by atoms with Crippen LogP contribution in [0.1, 0.15) is 69.1 Å². The van der Waals surface area contributed by atoms with Gasteiger partial charge in [-0.15, -0.1) is 0 Å². The van der Waals surface area contributed by atoms with Gasteiger partial charge in [-0.25, -0.2) is 19.3 Å². The van der Waals surface area contributed by atoms with Crippen LogP contribution in [0.4, 0.5) is 16.0 Å². The zero-order chi connectivity index (χ0) is 27.0. The van der Waals surface area contributed by atoms with Gasteiger partial charge in [0.2, 0.25) is 0 Å². The van der Waals surface area contributed by atoms with Gasteiger partial charge in [-0.1, -0.05) is 6.07 Å². The van der Waals surface area contributed by atoms with Gasteiger partial charge in [-0.3, -0.25) is 14.8 Å². The fraction of sp³-hybridized carbons (Fsp3) is 0.321. The van der Waals surface area contributed by atoms with Gasteiger partial charge in [0.05, 0.1) is 28.9 Å². The van der Waals surface area contributed by atoms with E-state index in [1.807, 2.05) is 20.8 Å². The summed E-state index contributed by atoms with van der Waals surface area (Å²) in [4.78, 5) is 26.6. The largest absolute Gasteiger partial charge is 0.491 e. The number of fused-ring (bicyclic) bond motifs is 1. The quantitative estimate of drug-likeness (QED) is 0.281. The maximum absolute atomic E-state index is 14.6. The lowest BCUT2D eigenvalue weighted by molar-refractivity contribution is 0.242. The molecule has 1 aliphatic carbocycles. The molecule has 0 aliphatic heterocycles. The van der Waals surface area contributed by atoms with Gasteiger partial charge in [0.15, 0.2) is 0 Å². The number of rotatable bonds is 8. The molecule has 4 aromatic rings. The van der Waals surface area contributed by atoms with Crippen molar-refractivity contribution in [1.82, 2.24) is 19.5 Å². The van der Waals surface area contributed by atoms with Crippen molar-refractivity contribution < 1.29 is 9.13 Å². The number of anilines is 2. The molecule has 1 atom stereocenters. The van der Waals surface area contributed by atoms with Gasteiger partial charge in [0.1, 0.15) is 40.7 Å². The van der Waals surface area contributed by atoms with Gasteiger partial charge in [0, 0.05) is 11.6 Å². The number of nitrogens with two attached hydrogens (primary N) is 1. The molecule has 0 amide bonds. The smallest absolute Gasteiger partial charge is 0.264 e. The number of benzene rings is 2. The summed E-state index contributed by atoms with van der Waals surface area (Å²) in [6.07, 6.45) is 4.01. The third kappa shape index (κ3) is 4.69. The Hall–Kier alpha value is -4.34. The predicted molar refractivity (Wildman–Crippen MR) is 145 cm³/mol. The SMILES string of the molecule is CC(C)Oc1ccc(C(=N)c2c(N)ncnc2NC(C)c2nc3cccc(F)c3c(=O)n2C2CCC2)cc1. The second-order valence-electron chi connectivity index (χ2n) is 9.78. The zero-order valence-electron chi connectivity index (χ0n) is 21.5. The minimum absolute atomic E-state index is 0.00556. The number of hydrogen-bond donors (Lipinski definition) is 3. The van der Waals surface area contributed by atoms with Crippen LogP contribution in [-0.2, 0) is 0 Å². The van der Waals surface area contributed by atoms with Crippen LogP contribution in [0.3, 0.4) is 0 Å². The number of hydrogen-bond acceptors (Lipinski definition) is 8. The summed E-state index contributed by atoms with van der Waals surface area (Å²) < 4.78 is 21.9. The molecule has 4 N–H and O–H groups in total. The normalized spacial score (nSPS) is 14.3. The Bertz CT molecular complexity index is 1560. The highest BCUT2D eigenvalue weighted by Gasteiger charge is 2.28. The maximum Gasteiger partial charge on any atom is 0.264 e. The molecule has 38 heavy (non-hydrogen) atoms. The van der Waals surface area contributed by atoms with E-state index in [-0.39, 0.29) is 34.6 Å². The van der Waals surface area contributed by atoms with Crippen LogP contribution in [0.25, 0.3) is 10.9 Å². The van der Waals surface area contributed by atoms with E-state index in [1.54, 1.807) is 41.0 Å². The van der Waals surface area contributed by atoms with E-state index in [2.05, 4.69) is 15.3 Å². The molecule has 2 aromatic heterocycles.